The average Bonchev–Trinajstić information content (AvgIpc) is 2.31. The van der Waals surface area contributed by atoms with Gasteiger partial charge in [-0.2, -0.15) is 0 Å². The zero-order valence-electron chi connectivity index (χ0n) is 10.1. The van der Waals surface area contributed by atoms with Gasteiger partial charge in [0.05, 0.1) is 13.1 Å². The first-order valence-electron chi connectivity index (χ1n) is 5.43. The number of amides is 2. The van der Waals surface area contributed by atoms with Crippen molar-refractivity contribution < 1.29 is 9.59 Å². The van der Waals surface area contributed by atoms with Crippen LogP contribution in [0.5, 0.6) is 0 Å². The van der Waals surface area contributed by atoms with Crippen molar-refractivity contribution in [1.29, 1.82) is 0 Å². The van der Waals surface area contributed by atoms with E-state index in [1.807, 2.05) is 0 Å². The van der Waals surface area contributed by atoms with E-state index in [2.05, 4.69) is 21.9 Å². The summed E-state index contributed by atoms with van der Waals surface area (Å²) in [5, 5.41) is 8.13. The minimum absolute atomic E-state index is 0.134. The van der Waals surface area contributed by atoms with Crippen molar-refractivity contribution in [2.24, 2.45) is 0 Å². The molecule has 0 aliphatic heterocycles. The van der Waals surface area contributed by atoms with E-state index in [1.54, 1.807) is 24.3 Å². The van der Waals surface area contributed by atoms with Crippen LogP contribution < -0.4 is 16.0 Å². The van der Waals surface area contributed by atoms with Crippen molar-refractivity contribution in [3.05, 3.63) is 24.3 Å². The third-order valence-electron chi connectivity index (χ3n) is 2.00. The normalized spacial score (nSPS) is 9.33. The van der Waals surface area contributed by atoms with Crippen molar-refractivity contribution in [1.82, 2.24) is 5.32 Å². The van der Waals surface area contributed by atoms with Crippen LogP contribution in [0.2, 0.25) is 0 Å². The van der Waals surface area contributed by atoms with Gasteiger partial charge in [0.2, 0.25) is 11.8 Å². The highest BCUT2D eigenvalue weighted by Crippen LogP contribution is 2.13. The zero-order valence-corrected chi connectivity index (χ0v) is 10.1. The van der Waals surface area contributed by atoms with E-state index in [0.29, 0.717) is 17.9 Å². The summed E-state index contributed by atoms with van der Waals surface area (Å²) in [6, 6.07) is 6.85. The maximum absolute atomic E-state index is 11.4. The van der Waals surface area contributed by atoms with Gasteiger partial charge >= 0.3 is 0 Å². The van der Waals surface area contributed by atoms with Crippen LogP contribution in [0.15, 0.2) is 24.3 Å². The third-order valence-corrected chi connectivity index (χ3v) is 2.00. The summed E-state index contributed by atoms with van der Waals surface area (Å²) in [6.07, 6.45) is 5.04. The molecule has 1 aromatic carbocycles. The van der Waals surface area contributed by atoms with Gasteiger partial charge in [0, 0.05) is 18.3 Å². The SMILES string of the molecule is C#CCNCC(=O)Nc1ccc(NC(C)=O)cc1. The third kappa shape index (κ3) is 5.14. The second-order valence-electron chi connectivity index (χ2n) is 3.61. The Balaban J connectivity index is 2.46. The minimum Gasteiger partial charge on any atom is -0.326 e. The summed E-state index contributed by atoms with van der Waals surface area (Å²) in [7, 11) is 0. The van der Waals surface area contributed by atoms with Gasteiger partial charge in [-0.15, -0.1) is 6.42 Å². The smallest absolute Gasteiger partial charge is 0.238 e. The number of nitrogens with one attached hydrogen (secondary N) is 3. The maximum atomic E-state index is 11.4. The Morgan fingerprint density at radius 3 is 2.22 bits per heavy atom. The van der Waals surface area contributed by atoms with Crippen LogP contribution >= 0.6 is 0 Å². The number of rotatable bonds is 5. The molecule has 0 saturated heterocycles. The molecular weight excluding hydrogens is 230 g/mol. The van der Waals surface area contributed by atoms with Crippen LogP contribution in [0.1, 0.15) is 6.92 Å². The van der Waals surface area contributed by atoms with Crippen LogP contribution in [-0.4, -0.2) is 24.9 Å². The fourth-order valence-corrected chi connectivity index (χ4v) is 1.29. The molecule has 5 nitrogen and oxygen atoms in total. The highest BCUT2D eigenvalue weighted by Gasteiger charge is 2.01. The van der Waals surface area contributed by atoms with Crippen LogP contribution in [0.4, 0.5) is 11.4 Å². The summed E-state index contributed by atoms with van der Waals surface area (Å²) in [5.74, 6) is 2.08. The molecule has 0 atom stereocenters. The van der Waals surface area contributed by atoms with Crippen LogP contribution in [0, 0.1) is 12.3 Å². The Bertz CT molecular complexity index is 460. The van der Waals surface area contributed by atoms with E-state index in [4.69, 9.17) is 6.42 Å². The topological polar surface area (TPSA) is 70.2 Å². The maximum Gasteiger partial charge on any atom is 0.238 e. The van der Waals surface area contributed by atoms with Gasteiger partial charge in [0.25, 0.3) is 0 Å². The quantitative estimate of drug-likeness (QED) is 0.531. The molecule has 1 rings (SSSR count). The molecule has 3 N–H and O–H groups in total. The lowest BCUT2D eigenvalue weighted by Gasteiger charge is -2.07. The molecule has 0 fully saturated rings. The zero-order chi connectivity index (χ0) is 13.4. The largest absolute Gasteiger partial charge is 0.326 e. The van der Waals surface area contributed by atoms with Gasteiger partial charge in [-0.3, -0.25) is 14.9 Å². The molecular formula is C13H15N3O2. The Morgan fingerprint density at radius 2 is 1.72 bits per heavy atom. The molecule has 0 aliphatic rings. The van der Waals surface area contributed by atoms with E-state index in [9.17, 15) is 9.59 Å². The molecule has 2 amide bonds. The number of terminal acetylenes is 1. The summed E-state index contributed by atoms with van der Waals surface area (Å²) >= 11 is 0. The lowest BCUT2D eigenvalue weighted by atomic mass is 10.2. The predicted octanol–water partition coefficient (Wildman–Crippen LogP) is 0.806. The summed E-state index contributed by atoms with van der Waals surface area (Å²) < 4.78 is 0. The molecule has 0 spiro atoms. The second-order valence-corrected chi connectivity index (χ2v) is 3.61. The molecule has 18 heavy (non-hydrogen) atoms. The molecule has 0 heterocycles. The van der Waals surface area contributed by atoms with Gasteiger partial charge in [0.1, 0.15) is 0 Å². The predicted molar refractivity (Wildman–Crippen MR) is 71.1 cm³/mol. The van der Waals surface area contributed by atoms with E-state index in [-0.39, 0.29) is 18.4 Å². The molecule has 0 aliphatic carbocycles. The summed E-state index contributed by atoms with van der Waals surface area (Å²) in [6.45, 7) is 1.96. The van der Waals surface area contributed by atoms with Crippen molar-refractivity contribution in [3.8, 4) is 12.3 Å². The number of carbonyl (C=O) groups is 2. The van der Waals surface area contributed by atoms with E-state index < -0.39 is 0 Å². The molecule has 0 radical (unpaired) electrons. The van der Waals surface area contributed by atoms with Gasteiger partial charge in [-0.1, -0.05) is 5.92 Å². The first-order valence-corrected chi connectivity index (χ1v) is 5.43. The Kier molecular flexibility index (Phi) is 5.42. The monoisotopic (exact) mass is 245 g/mol. The first kappa shape index (κ1) is 13.7. The second kappa shape index (κ2) is 7.09. The molecule has 1 aromatic rings. The molecule has 0 aromatic heterocycles. The van der Waals surface area contributed by atoms with E-state index in [1.165, 1.54) is 6.92 Å². The Hall–Kier alpha value is -2.32. The molecule has 0 saturated carbocycles. The van der Waals surface area contributed by atoms with Crippen molar-refractivity contribution in [2.75, 3.05) is 23.7 Å². The van der Waals surface area contributed by atoms with E-state index >= 15 is 0 Å². The fraction of sp³-hybridized carbons (Fsp3) is 0.231. The van der Waals surface area contributed by atoms with Crippen molar-refractivity contribution in [2.45, 2.75) is 6.92 Å². The molecule has 5 heteroatoms. The minimum atomic E-state index is -0.169. The highest BCUT2D eigenvalue weighted by atomic mass is 16.2. The van der Waals surface area contributed by atoms with Gasteiger partial charge in [0.15, 0.2) is 0 Å². The lowest BCUT2D eigenvalue weighted by Crippen LogP contribution is -2.28. The Morgan fingerprint density at radius 1 is 1.17 bits per heavy atom. The van der Waals surface area contributed by atoms with Crippen molar-refractivity contribution >= 4 is 23.2 Å². The fourth-order valence-electron chi connectivity index (χ4n) is 1.29. The van der Waals surface area contributed by atoms with Crippen molar-refractivity contribution in [3.63, 3.8) is 0 Å². The van der Waals surface area contributed by atoms with Gasteiger partial charge in [-0.05, 0) is 24.3 Å². The van der Waals surface area contributed by atoms with E-state index in [0.717, 1.165) is 0 Å². The average molecular weight is 245 g/mol. The standard InChI is InChI=1S/C13H15N3O2/c1-3-8-14-9-13(18)16-12-6-4-11(5-7-12)15-10(2)17/h1,4-7,14H,8-9H2,2H3,(H,15,17)(H,16,18). The highest BCUT2D eigenvalue weighted by molar-refractivity contribution is 5.93. The van der Waals surface area contributed by atoms with Crippen LogP contribution in [0.25, 0.3) is 0 Å². The van der Waals surface area contributed by atoms with Gasteiger partial charge < -0.3 is 10.6 Å². The molecule has 0 unspecified atom stereocenters. The lowest BCUT2D eigenvalue weighted by molar-refractivity contribution is -0.115. The summed E-state index contributed by atoms with van der Waals surface area (Å²) in [4.78, 5) is 22.3. The number of hydrogen-bond acceptors (Lipinski definition) is 3. The Labute approximate surface area is 106 Å². The number of anilines is 2. The molecule has 94 valence electrons. The van der Waals surface area contributed by atoms with Crippen LogP contribution in [-0.2, 0) is 9.59 Å². The number of carbonyl (C=O) groups excluding carboxylic acids is 2. The first-order chi connectivity index (χ1) is 8.61. The van der Waals surface area contributed by atoms with Crippen LogP contribution in [0.3, 0.4) is 0 Å². The molecule has 0 bridgehead atoms. The van der Waals surface area contributed by atoms with Gasteiger partial charge in [-0.25, -0.2) is 0 Å². The summed E-state index contributed by atoms with van der Waals surface area (Å²) in [5.41, 5.74) is 1.35. The number of hydrogen-bond donors (Lipinski definition) is 3. The number of benzene rings is 1.